The molecular formula is C17H30N4O3. The van der Waals surface area contributed by atoms with Gasteiger partial charge in [0.15, 0.2) is 0 Å². The number of ether oxygens (including phenoxy) is 2. The summed E-state index contributed by atoms with van der Waals surface area (Å²) in [6.45, 7) is 7.40. The Morgan fingerprint density at radius 1 is 1.33 bits per heavy atom. The highest BCUT2D eigenvalue weighted by molar-refractivity contribution is 4.91. The molecule has 136 valence electrons. The van der Waals surface area contributed by atoms with Crippen molar-refractivity contribution < 1.29 is 14.6 Å². The Balaban J connectivity index is 1.29. The van der Waals surface area contributed by atoms with Gasteiger partial charge in [-0.2, -0.15) is 0 Å². The van der Waals surface area contributed by atoms with Crippen LogP contribution < -0.4 is 0 Å². The van der Waals surface area contributed by atoms with Gasteiger partial charge in [0.25, 0.3) is 0 Å². The second-order valence-electron chi connectivity index (χ2n) is 6.86. The van der Waals surface area contributed by atoms with Crippen LogP contribution in [-0.2, 0) is 23.1 Å². The molecule has 24 heavy (non-hydrogen) atoms. The molecule has 2 atom stereocenters. The minimum Gasteiger partial charge on any atom is -0.389 e. The van der Waals surface area contributed by atoms with Crippen LogP contribution >= 0.6 is 0 Å². The smallest absolute Gasteiger partial charge is 0.122 e. The lowest BCUT2D eigenvalue weighted by molar-refractivity contribution is -0.0288. The van der Waals surface area contributed by atoms with Gasteiger partial charge < -0.3 is 19.1 Å². The van der Waals surface area contributed by atoms with Crippen molar-refractivity contribution in [3.63, 3.8) is 0 Å². The maximum Gasteiger partial charge on any atom is 0.122 e. The molecule has 2 saturated heterocycles. The Labute approximate surface area is 144 Å². The molecule has 2 aliphatic heterocycles. The van der Waals surface area contributed by atoms with Gasteiger partial charge in [-0.3, -0.25) is 9.80 Å². The number of β-amino-alcohol motifs (C(OH)–C–C–N with tert-alkyl or cyclic N) is 1. The van der Waals surface area contributed by atoms with Gasteiger partial charge in [0.1, 0.15) is 5.82 Å². The van der Waals surface area contributed by atoms with Crippen molar-refractivity contribution >= 4 is 0 Å². The molecule has 0 spiro atoms. The number of piperazine rings is 1. The lowest BCUT2D eigenvalue weighted by atomic mass is 10.2. The van der Waals surface area contributed by atoms with Crippen molar-refractivity contribution in [2.45, 2.75) is 31.6 Å². The van der Waals surface area contributed by atoms with Crippen molar-refractivity contribution in [1.29, 1.82) is 0 Å². The molecule has 0 bridgehead atoms. The summed E-state index contributed by atoms with van der Waals surface area (Å²) >= 11 is 0. The Hall–Kier alpha value is -0.990. The van der Waals surface area contributed by atoms with E-state index in [-0.39, 0.29) is 6.10 Å². The minimum absolute atomic E-state index is 0.229. The summed E-state index contributed by atoms with van der Waals surface area (Å²) in [6, 6.07) is 0. The van der Waals surface area contributed by atoms with Gasteiger partial charge in [0.2, 0.25) is 0 Å². The summed E-state index contributed by atoms with van der Waals surface area (Å²) in [6.07, 6.45) is 5.84. The Morgan fingerprint density at radius 2 is 2.12 bits per heavy atom. The van der Waals surface area contributed by atoms with Crippen LogP contribution in [0.2, 0.25) is 0 Å². The van der Waals surface area contributed by atoms with Crippen molar-refractivity contribution in [3.8, 4) is 0 Å². The SMILES string of the molecule is Cn1ccnc1CN1CCN(CC(O)COCC2CCCO2)CC1. The fourth-order valence-electron chi connectivity index (χ4n) is 3.34. The number of hydrogen-bond acceptors (Lipinski definition) is 6. The Morgan fingerprint density at radius 3 is 2.79 bits per heavy atom. The molecule has 2 fully saturated rings. The first kappa shape index (κ1) is 17.8. The summed E-state index contributed by atoms with van der Waals surface area (Å²) < 4.78 is 13.2. The number of hydrogen-bond donors (Lipinski definition) is 1. The van der Waals surface area contributed by atoms with Crippen molar-refractivity contribution in [3.05, 3.63) is 18.2 Å². The monoisotopic (exact) mass is 338 g/mol. The van der Waals surface area contributed by atoms with Gasteiger partial charge in [-0.25, -0.2) is 4.98 Å². The fraction of sp³-hybridized carbons (Fsp3) is 0.824. The van der Waals surface area contributed by atoms with E-state index in [1.165, 1.54) is 0 Å². The van der Waals surface area contributed by atoms with Gasteiger partial charge in [0, 0.05) is 58.8 Å². The quantitative estimate of drug-likeness (QED) is 0.725. The number of aromatic nitrogens is 2. The molecule has 3 rings (SSSR count). The van der Waals surface area contributed by atoms with E-state index in [1.54, 1.807) is 0 Å². The minimum atomic E-state index is -0.424. The normalized spacial score (nSPS) is 24.5. The highest BCUT2D eigenvalue weighted by Gasteiger charge is 2.21. The van der Waals surface area contributed by atoms with Gasteiger partial charge in [0.05, 0.1) is 32.0 Å². The first-order valence-electron chi connectivity index (χ1n) is 8.99. The molecular weight excluding hydrogens is 308 g/mol. The van der Waals surface area contributed by atoms with Crippen LogP contribution in [0.5, 0.6) is 0 Å². The largest absolute Gasteiger partial charge is 0.389 e. The molecule has 1 aromatic rings. The van der Waals surface area contributed by atoms with Crippen LogP contribution in [0, 0.1) is 0 Å². The molecule has 2 unspecified atom stereocenters. The predicted octanol–water partition coefficient (Wildman–Crippen LogP) is 0.0942. The second kappa shape index (κ2) is 8.92. The third-order valence-corrected chi connectivity index (χ3v) is 4.86. The molecule has 1 aromatic heterocycles. The first-order chi connectivity index (χ1) is 11.7. The summed E-state index contributed by atoms with van der Waals surface area (Å²) in [7, 11) is 2.03. The molecule has 0 aliphatic carbocycles. The number of nitrogens with zero attached hydrogens (tertiary/aromatic N) is 4. The van der Waals surface area contributed by atoms with Crippen LogP contribution in [-0.4, -0.2) is 89.2 Å². The lowest BCUT2D eigenvalue weighted by Crippen LogP contribution is -2.48. The molecule has 3 heterocycles. The number of aryl methyl sites for hydroxylation is 1. The molecule has 2 aliphatic rings. The molecule has 0 amide bonds. The van der Waals surface area contributed by atoms with Gasteiger partial charge >= 0.3 is 0 Å². The fourth-order valence-corrected chi connectivity index (χ4v) is 3.34. The summed E-state index contributed by atoms with van der Waals surface area (Å²) in [5, 5.41) is 10.2. The average molecular weight is 338 g/mol. The van der Waals surface area contributed by atoms with E-state index in [9.17, 15) is 5.11 Å². The lowest BCUT2D eigenvalue weighted by Gasteiger charge is -2.35. The molecule has 0 radical (unpaired) electrons. The highest BCUT2D eigenvalue weighted by Crippen LogP contribution is 2.12. The topological polar surface area (TPSA) is 63.0 Å². The number of imidazole rings is 1. The van der Waals surface area contributed by atoms with E-state index in [4.69, 9.17) is 9.47 Å². The third-order valence-electron chi connectivity index (χ3n) is 4.86. The molecule has 7 heteroatoms. The van der Waals surface area contributed by atoms with Crippen LogP contribution in [0.4, 0.5) is 0 Å². The number of aliphatic hydroxyl groups excluding tert-OH is 1. The maximum absolute atomic E-state index is 10.2. The first-order valence-corrected chi connectivity index (χ1v) is 8.99. The van der Waals surface area contributed by atoms with Crippen molar-refractivity contribution in [2.24, 2.45) is 7.05 Å². The van der Waals surface area contributed by atoms with E-state index in [0.717, 1.165) is 58.0 Å². The van der Waals surface area contributed by atoms with E-state index in [0.29, 0.717) is 19.8 Å². The summed E-state index contributed by atoms with van der Waals surface area (Å²) in [5.74, 6) is 1.10. The zero-order valence-electron chi connectivity index (χ0n) is 14.6. The van der Waals surface area contributed by atoms with Crippen LogP contribution in [0.3, 0.4) is 0 Å². The van der Waals surface area contributed by atoms with Crippen LogP contribution in [0.1, 0.15) is 18.7 Å². The Bertz CT molecular complexity index is 482. The van der Waals surface area contributed by atoms with E-state index in [2.05, 4.69) is 19.4 Å². The molecule has 0 saturated carbocycles. The van der Waals surface area contributed by atoms with Crippen LogP contribution in [0.15, 0.2) is 12.4 Å². The molecule has 7 nitrogen and oxygen atoms in total. The maximum atomic E-state index is 10.2. The second-order valence-corrected chi connectivity index (χ2v) is 6.86. The summed E-state index contributed by atoms with van der Waals surface area (Å²) in [4.78, 5) is 9.11. The predicted molar refractivity (Wildman–Crippen MR) is 90.7 cm³/mol. The van der Waals surface area contributed by atoms with E-state index >= 15 is 0 Å². The van der Waals surface area contributed by atoms with E-state index < -0.39 is 6.10 Å². The van der Waals surface area contributed by atoms with Crippen molar-refractivity contribution in [2.75, 3.05) is 52.5 Å². The number of aliphatic hydroxyl groups is 1. The Kier molecular flexibility index (Phi) is 6.62. The highest BCUT2D eigenvalue weighted by atomic mass is 16.5. The van der Waals surface area contributed by atoms with Gasteiger partial charge in [-0.15, -0.1) is 0 Å². The van der Waals surface area contributed by atoms with E-state index in [1.807, 2.05) is 19.4 Å². The molecule has 1 N–H and O–H groups in total. The molecule has 0 aromatic carbocycles. The standard InChI is InChI=1S/C17H30N4O3/c1-19-5-4-18-17(19)12-21-8-6-20(7-9-21)11-15(22)13-23-14-16-3-2-10-24-16/h4-5,15-16,22H,2-3,6-14H2,1H3. The van der Waals surface area contributed by atoms with Gasteiger partial charge in [-0.1, -0.05) is 0 Å². The number of rotatable bonds is 8. The van der Waals surface area contributed by atoms with Gasteiger partial charge in [-0.05, 0) is 12.8 Å². The van der Waals surface area contributed by atoms with Crippen LogP contribution in [0.25, 0.3) is 0 Å². The zero-order valence-corrected chi connectivity index (χ0v) is 14.6. The van der Waals surface area contributed by atoms with Crippen molar-refractivity contribution in [1.82, 2.24) is 19.4 Å². The summed E-state index contributed by atoms with van der Waals surface area (Å²) in [5.41, 5.74) is 0. The third kappa shape index (κ3) is 5.26. The zero-order chi connectivity index (χ0) is 16.8. The average Bonchev–Trinajstić information content (AvgIpc) is 3.22.